The minimum absolute atomic E-state index is 0.161. The molecule has 96 valence electrons. The molecule has 1 rings (SSSR count). The van der Waals surface area contributed by atoms with E-state index in [0.29, 0.717) is 0 Å². The lowest BCUT2D eigenvalue weighted by molar-refractivity contribution is 0.117. The molecule has 4 heteroatoms. The molecule has 1 atom stereocenters. The first-order valence-corrected chi connectivity index (χ1v) is 6.22. The van der Waals surface area contributed by atoms with E-state index in [2.05, 4.69) is 22.2 Å². The lowest BCUT2D eigenvalue weighted by Gasteiger charge is -2.11. The van der Waals surface area contributed by atoms with Crippen molar-refractivity contribution >= 4 is 0 Å². The standard InChI is InChI=1S/C13H23N3O/c1-5-6-14-9-12-10(2)8-15-13(16-12)7-11(3)17-4/h8,11,14H,5-7,9H2,1-4H3. The first-order chi connectivity index (χ1) is 8.17. The maximum atomic E-state index is 5.23. The Morgan fingerprint density at radius 2 is 2.24 bits per heavy atom. The molecule has 0 saturated heterocycles. The molecular formula is C13H23N3O. The first kappa shape index (κ1) is 14.1. The summed E-state index contributed by atoms with van der Waals surface area (Å²) < 4.78 is 5.23. The lowest BCUT2D eigenvalue weighted by atomic mass is 10.2. The summed E-state index contributed by atoms with van der Waals surface area (Å²) in [6, 6.07) is 0. The van der Waals surface area contributed by atoms with E-state index in [-0.39, 0.29) is 6.10 Å². The highest BCUT2D eigenvalue weighted by Crippen LogP contribution is 2.06. The van der Waals surface area contributed by atoms with Crippen LogP contribution in [0.25, 0.3) is 0 Å². The van der Waals surface area contributed by atoms with Gasteiger partial charge in [-0.2, -0.15) is 0 Å². The van der Waals surface area contributed by atoms with E-state index in [1.807, 2.05) is 20.0 Å². The summed E-state index contributed by atoms with van der Waals surface area (Å²) in [5.74, 6) is 0.859. The van der Waals surface area contributed by atoms with Crippen LogP contribution in [0.1, 0.15) is 37.4 Å². The zero-order valence-electron chi connectivity index (χ0n) is 11.3. The van der Waals surface area contributed by atoms with Gasteiger partial charge in [-0.1, -0.05) is 6.92 Å². The Morgan fingerprint density at radius 3 is 2.88 bits per heavy atom. The molecule has 4 nitrogen and oxygen atoms in total. The van der Waals surface area contributed by atoms with E-state index >= 15 is 0 Å². The fourth-order valence-electron chi connectivity index (χ4n) is 1.52. The van der Waals surface area contributed by atoms with Crippen molar-refractivity contribution in [3.05, 3.63) is 23.3 Å². The van der Waals surface area contributed by atoms with Crippen molar-refractivity contribution in [3.63, 3.8) is 0 Å². The van der Waals surface area contributed by atoms with E-state index in [1.165, 1.54) is 0 Å². The molecule has 0 aliphatic heterocycles. The number of ether oxygens (including phenoxy) is 1. The van der Waals surface area contributed by atoms with Crippen LogP contribution in [0.2, 0.25) is 0 Å². The van der Waals surface area contributed by atoms with E-state index in [4.69, 9.17) is 4.74 Å². The average Bonchev–Trinajstić information content (AvgIpc) is 2.33. The van der Waals surface area contributed by atoms with Crippen molar-refractivity contribution < 1.29 is 4.74 Å². The average molecular weight is 237 g/mol. The van der Waals surface area contributed by atoms with E-state index in [1.54, 1.807) is 7.11 Å². The van der Waals surface area contributed by atoms with Crippen molar-refractivity contribution in [3.8, 4) is 0 Å². The Kier molecular flexibility index (Phi) is 6.08. The SMILES string of the molecule is CCCNCc1nc(CC(C)OC)ncc1C. The van der Waals surface area contributed by atoms with E-state index in [9.17, 15) is 0 Å². The molecule has 0 amide bonds. The molecule has 1 unspecified atom stereocenters. The molecule has 0 aliphatic carbocycles. The summed E-state index contributed by atoms with van der Waals surface area (Å²) in [5, 5.41) is 3.37. The van der Waals surface area contributed by atoms with Crippen molar-refractivity contribution in [2.75, 3.05) is 13.7 Å². The van der Waals surface area contributed by atoms with Gasteiger partial charge >= 0.3 is 0 Å². The highest BCUT2D eigenvalue weighted by atomic mass is 16.5. The van der Waals surface area contributed by atoms with Crippen LogP contribution in [-0.2, 0) is 17.7 Å². The molecule has 1 heterocycles. The third-order valence-electron chi connectivity index (χ3n) is 2.72. The monoisotopic (exact) mass is 237 g/mol. The number of nitrogens with one attached hydrogen (secondary N) is 1. The van der Waals surface area contributed by atoms with E-state index < -0.39 is 0 Å². The Labute approximate surface area is 104 Å². The molecule has 1 aromatic heterocycles. The minimum Gasteiger partial charge on any atom is -0.381 e. The maximum Gasteiger partial charge on any atom is 0.131 e. The fourth-order valence-corrected chi connectivity index (χ4v) is 1.52. The number of hydrogen-bond donors (Lipinski definition) is 1. The Bertz CT molecular complexity index is 341. The molecule has 0 bridgehead atoms. The van der Waals surface area contributed by atoms with Gasteiger partial charge in [0.05, 0.1) is 11.8 Å². The second kappa shape index (κ2) is 7.35. The van der Waals surface area contributed by atoms with Gasteiger partial charge in [-0.15, -0.1) is 0 Å². The fraction of sp³-hybridized carbons (Fsp3) is 0.692. The molecule has 0 spiro atoms. The Balaban J connectivity index is 2.65. The smallest absolute Gasteiger partial charge is 0.131 e. The summed E-state index contributed by atoms with van der Waals surface area (Å²) in [5.41, 5.74) is 2.23. The van der Waals surface area contributed by atoms with Gasteiger partial charge in [0.15, 0.2) is 0 Å². The van der Waals surface area contributed by atoms with Gasteiger partial charge in [0.2, 0.25) is 0 Å². The number of aryl methyl sites for hydroxylation is 1. The zero-order chi connectivity index (χ0) is 12.7. The third kappa shape index (κ3) is 4.79. The second-order valence-electron chi connectivity index (χ2n) is 4.34. The second-order valence-corrected chi connectivity index (χ2v) is 4.34. The number of nitrogens with zero attached hydrogens (tertiary/aromatic N) is 2. The van der Waals surface area contributed by atoms with Crippen LogP contribution in [0, 0.1) is 6.92 Å². The summed E-state index contributed by atoms with van der Waals surface area (Å²) in [6.07, 6.45) is 3.96. The molecule has 0 radical (unpaired) electrons. The number of aromatic nitrogens is 2. The van der Waals surface area contributed by atoms with Crippen molar-refractivity contribution in [1.29, 1.82) is 0 Å². The highest BCUT2D eigenvalue weighted by molar-refractivity contribution is 5.15. The molecule has 1 N–H and O–H groups in total. The molecule has 0 saturated carbocycles. The summed E-state index contributed by atoms with van der Waals surface area (Å²) in [6.45, 7) is 8.07. The van der Waals surface area contributed by atoms with E-state index in [0.717, 1.165) is 43.0 Å². The van der Waals surface area contributed by atoms with Crippen LogP contribution < -0.4 is 5.32 Å². The normalized spacial score (nSPS) is 12.7. The summed E-state index contributed by atoms with van der Waals surface area (Å²) in [7, 11) is 1.71. The molecule has 17 heavy (non-hydrogen) atoms. The zero-order valence-corrected chi connectivity index (χ0v) is 11.3. The van der Waals surface area contributed by atoms with Crippen LogP contribution in [0.3, 0.4) is 0 Å². The van der Waals surface area contributed by atoms with Crippen LogP contribution in [0.15, 0.2) is 6.20 Å². The van der Waals surface area contributed by atoms with Gasteiger partial charge in [0.1, 0.15) is 5.82 Å². The predicted molar refractivity (Wildman–Crippen MR) is 68.9 cm³/mol. The largest absolute Gasteiger partial charge is 0.381 e. The van der Waals surface area contributed by atoms with Crippen molar-refractivity contribution in [1.82, 2.24) is 15.3 Å². The molecule has 1 aromatic rings. The number of hydrogen-bond acceptors (Lipinski definition) is 4. The molecule has 0 aliphatic rings. The van der Waals surface area contributed by atoms with Gasteiger partial charge in [0.25, 0.3) is 0 Å². The molecule has 0 aromatic carbocycles. The minimum atomic E-state index is 0.161. The van der Waals surface area contributed by atoms with Crippen molar-refractivity contribution in [2.45, 2.75) is 46.3 Å². The topological polar surface area (TPSA) is 47.0 Å². The predicted octanol–water partition coefficient (Wildman–Crippen LogP) is 1.86. The van der Waals surface area contributed by atoms with Gasteiger partial charge in [-0.3, -0.25) is 0 Å². The molecular weight excluding hydrogens is 214 g/mol. The van der Waals surface area contributed by atoms with Crippen LogP contribution in [0.4, 0.5) is 0 Å². The van der Waals surface area contributed by atoms with Gasteiger partial charge in [-0.05, 0) is 32.4 Å². The van der Waals surface area contributed by atoms with Crippen molar-refractivity contribution in [2.24, 2.45) is 0 Å². The van der Waals surface area contributed by atoms with Crippen LogP contribution >= 0.6 is 0 Å². The highest BCUT2D eigenvalue weighted by Gasteiger charge is 2.07. The Morgan fingerprint density at radius 1 is 1.47 bits per heavy atom. The number of methoxy groups -OCH3 is 1. The summed E-state index contributed by atoms with van der Waals surface area (Å²) in [4.78, 5) is 8.91. The number of rotatable bonds is 7. The quantitative estimate of drug-likeness (QED) is 0.735. The maximum absolute atomic E-state index is 5.23. The third-order valence-corrected chi connectivity index (χ3v) is 2.72. The first-order valence-electron chi connectivity index (χ1n) is 6.22. The van der Waals surface area contributed by atoms with Gasteiger partial charge in [0, 0.05) is 26.3 Å². The van der Waals surface area contributed by atoms with Crippen LogP contribution in [-0.4, -0.2) is 29.7 Å². The van der Waals surface area contributed by atoms with Crippen LogP contribution in [0.5, 0.6) is 0 Å². The summed E-state index contributed by atoms with van der Waals surface area (Å²) >= 11 is 0. The van der Waals surface area contributed by atoms with Gasteiger partial charge in [-0.25, -0.2) is 9.97 Å². The molecule has 0 fully saturated rings. The van der Waals surface area contributed by atoms with Gasteiger partial charge < -0.3 is 10.1 Å². The lowest BCUT2D eigenvalue weighted by Crippen LogP contribution is -2.18. The Hall–Kier alpha value is -1.00.